The molecule has 1 aromatic heterocycles. The van der Waals surface area contributed by atoms with E-state index in [9.17, 15) is 18.0 Å². The van der Waals surface area contributed by atoms with Crippen LogP contribution < -0.4 is 14.8 Å². The van der Waals surface area contributed by atoms with Gasteiger partial charge in [0.1, 0.15) is 6.61 Å². The highest BCUT2D eigenvalue weighted by molar-refractivity contribution is 7.92. The maximum absolute atomic E-state index is 14.4. The number of ether oxygens (including phenoxy) is 2. The zero-order valence-electron chi connectivity index (χ0n) is 27.8. The number of rotatable bonds is 5. The van der Waals surface area contributed by atoms with Crippen LogP contribution in [0.2, 0.25) is 0 Å². The number of methoxy groups -OCH3 is 1. The van der Waals surface area contributed by atoms with Gasteiger partial charge in [0.25, 0.3) is 15.9 Å². The van der Waals surface area contributed by atoms with Gasteiger partial charge in [-0.05, 0) is 93.5 Å². The molecule has 3 aromatic rings. The van der Waals surface area contributed by atoms with Crippen LogP contribution >= 0.6 is 0 Å². The van der Waals surface area contributed by atoms with Crippen molar-refractivity contribution in [1.29, 1.82) is 0 Å². The van der Waals surface area contributed by atoms with Crippen molar-refractivity contribution >= 4 is 28.0 Å². The maximum Gasteiger partial charge on any atom is 0.407 e. The molecule has 6 rings (SSSR count). The summed E-state index contributed by atoms with van der Waals surface area (Å²) < 4.78 is 41.2. The van der Waals surface area contributed by atoms with Crippen molar-refractivity contribution in [3.8, 4) is 17.1 Å². The van der Waals surface area contributed by atoms with Gasteiger partial charge in [0.2, 0.25) is 11.8 Å². The van der Waals surface area contributed by atoms with E-state index >= 15 is 0 Å². The van der Waals surface area contributed by atoms with Crippen LogP contribution in [0.15, 0.2) is 47.4 Å². The van der Waals surface area contributed by atoms with Gasteiger partial charge < -0.3 is 19.7 Å². The summed E-state index contributed by atoms with van der Waals surface area (Å²) in [6.45, 7) is 10.3. The fraction of sp³-hybridized carbons (Fsp3) is 0.486. The van der Waals surface area contributed by atoms with E-state index in [2.05, 4.69) is 28.9 Å². The molecule has 3 aliphatic rings. The molecule has 2 aliphatic carbocycles. The monoisotopic (exact) mass is 661 g/mol. The van der Waals surface area contributed by atoms with Crippen LogP contribution in [0.5, 0.6) is 5.88 Å². The molecule has 1 atom stereocenters. The summed E-state index contributed by atoms with van der Waals surface area (Å²) in [6.07, 6.45) is 3.49. The fourth-order valence-corrected chi connectivity index (χ4v) is 8.62. The third-order valence-electron chi connectivity index (χ3n) is 9.82. The van der Waals surface area contributed by atoms with Crippen LogP contribution in [-0.4, -0.2) is 67.1 Å². The Morgan fingerprint density at radius 3 is 2.43 bits per heavy atom. The number of benzene rings is 2. The van der Waals surface area contributed by atoms with Crippen molar-refractivity contribution < 1.29 is 27.5 Å². The minimum Gasteiger partial charge on any atom is -0.475 e. The molecule has 0 saturated heterocycles. The van der Waals surface area contributed by atoms with Gasteiger partial charge in [-0.3, -0.25) is 4.79 Å². The van der Waals surface area contributed by atoms with Crippen molar-refractivity contribution in [3.05, 3.63) is 64.7 Å². The second kappa shape index (κ2) is 12.4. The molecular formula is C35H43N5O6S. The lowest BCUT2D eigenvalue weighted by atomic mass is 9.51. The van der Waals surface area contributed by atoms with E-state index in [-0.39, 0.29) is 58.7 Å². The molecule has 12 heteroatoms. The van der Waals surface area contributed by atoms with Crippen LogP contribution in [0.4, 0.5) is 10.7 Å². The minimum absolute atomic E-state index is 0.0502. The van der Waals surface area contributed by atoms with Crippen LogP contribution in [0, 0.1) is 32.1 Å². The Kier molecular flexibility index (Phi) is 8.67. The zero-order chi connectivity index (χ0) is 33.7. The van der Waals surface area contributed by atoms with Crippen LogP contribution in [0.1, 0.15) is 73.0 Å². The number of alkyl carbamates (subject to hydrolysis) is 1. The first-order valence-corrected chi connectivity index (χ1v) is 17.7. The van der Waals surface area contributed by atoms with E-state index in [0.717, 1.165) is 42.4 Å². The maximum atomic E-state index is 14.4. The Hall–Kier alpha value is -4.19. The van der Waals surface area contributed by atoms with E-state index < -0.39 is 16.1 Å². The summed E-state index contributed by atoms with van der Waals surface area (Å²) in [7, 11) is -2.80. The van der Waals surface area contributed by atoms with Crippen LogP contribution in [-0.2, 0) is 14.8 Å². The summed E-state index contributed by atoms with van der Waals surface area (Å²) in [5.41, 5.74) is 4.48. The van der Waals surface area contributed by atoms with Gasteiger partial charge >= 0.3 is 6.09 Å². The average Bonchev–Trinajstić information content (AvgIpc) is 2.98. The van der Waals surface area contributed by atoms with Gasteiger partial charge in [0.15, 0.2) is 0 Å². The van der Waals surface area contributed by atoms with Gasteiger partial charge in [-0.15, -0.1) is 0 Å². The first-order chi connectivity index (χ1) is 22.3. The third-order valence-corrected chi connectivity index (χ3v) is 11.1. The highest BCUT2D eigenvalue weighted by Crippen LogP contribution is 2.58. The number of fused-ring (bicyclic) bond motifs is 4. The minimum atomic E-state index is -4.15. The number of hydrogen-bond acceptors (Lipinski definition) is 8. The SMILES string of the molecule is COC(=O)NC1CC2(C1)CC(N1C(=O)c3cccc(c3)S(=O)(=O)Nc3nc(c(C)c(-c4c(C)cccc4C)n3)OC[C@H]1CC(C)C)C2. The Bertz CT molecular complexity index is 1790. The van der Waals surface area contributed by atoms with Gasteiger partial charge in [0, 0.05) is 28.8 Å². The molecule has 47 heavy (non-hydrogen) atoms. The summed E-state index contributed by atoms with van der Waals surface area (Å²) in [4.78, 5) is 37.3. The van der Waals surface area contributed by atoms with Gasteiger partial charge in [0.05, 0.1) is 23.7 Å². The Labute approximate surface area is 276 Å². The molecule has 2 aromatic carbocycles. The number of amides is 2. The van der Waals surface area contributed by atoms with Crippen molar-refractivity contribution in [2.45, 2.75) is 89.7 Å². The fourth-order valence-electron chi connectivity index (χ4n) is 7.63. The molecule has 1 aliphatic heterocycles. The molecule has 2 fully saturated rings. The molecule has 0 unspecified atom stereocenters. The summed E-state index contributed by atoms with van der Waals surface area (Å²) in [6, 6.07) is 11.8. The quantitative estimate of drug-likeness (QED) is 0.351. The normalized spacial score (nSPS) is 24.9. The van der Waals surface area contributed by atoms with Crippen molar-refractivity contribution in [2.24, 2.45) is 11.3 Å². The highest BCUT2D eigenvalue weighted by Gasteiger charge is 2.56. The Morgan fingerprint density at radius 1 is 1.09 bits per heavy atom. The predicted octanol–water partition coefficient (Wildman–Crippen LogP) is 5.79. The molecule has 1 spiro atoms. The lowest BCUT2D eigenvalue weighted by Crippen LogP contribution is -2.64. The molecule has 2 amide bonds. The number of nitrogens with zero attached hydrogens (tertiary/aromatic N) is 3. The molecule has 2 heterocycles. The zero-order valence-corrected chi connectivity index (χ0v) is 28.6. The third kappa shape index (κ3) is 6.39. The summed E-state index contributed by atoms with van der Waals surface area (Å²) in [5, 5.41) is 2.89. The number of hydrogen-bond donors (Lipinski definition) is 2. The van der Waals surface area contributed by atoms with E-state index in [1.165, 1.54) is 19.2 Å². The van der Waals surface area contributed by atoms with E-state index in [1.807, 2.05) is 43.9 Å². The van der Waals surface area contributed by atoms with Gasteiger partial charge in [-0.2, -0.15) is 4.98 Å². The molecule has 250 valence electrons. The molecule has 4 bridgehead atoms. The van der Waals surface area contributed by atoms with E-state index in [1.54, 1.807) is 12.1 Å². The number of anilines is 1. The smallest absolute Gasteiger partial charge is 0.407 e. The first kappa shape index (κ1) is 32.7. The first-order valence-electron chi connectivity index (χ1n) is 16.2. The van der Waals surface area contributed by atoms with Gasteiger partial charge in [-0.1, -0.05) is 38.1 Å². The average molecular weight is 662 g/mol. The van der Waals surface area contributed by atoms with Crippen molar-refractivity contribution in [3.63, 3.8) is 0 Å². The molecule has 0 radical (unpaired) electrons. The summed E-state index contributed by atoms with van der Waals surface area (Å²) >= 11 is 0. The molecule has 2 saturated carbocycles. The second-order valence-electron chi connectivity index (χ2n) is 13.8. The number of aromatic nitrogens is 2. The van der Waals surface area contributed by atoms with Crippen molar-refractivity contribution in [2.75, 3.05) is 18.4 Å². The van der Waals surface area contributed by atoms with E-state index in [4.69, 9.17) is 14.5 Å². The number of carbonyl (C=O) groups excluding carboxylic acids is 2. The van der Waals surface area contributed by atoms with E-state index in [0.29, 0.717) is 23.2 Å². The number of sulfonamides is 1. The molecule has 2 N–H and O–H groups in total. The lowest BCUT2D eigenvalue weighted by molar-refractivity contribution is -0.0773. The lowest BCUT2D eigenvalue weighted by Gasteiger charge is -2.60. The Morgan fingerprint density at radius 2 is 1.77 bits per heavy atom. The number of carbonyl (C=O) groups is 2. The Balaban J connectivity index is 1.41. The van der Waals surface area contributed by atoms with Crippen LogP contribution in [0.25, 0.3) is 11.3 Å². The molecular weight excluding hydrogens is 618 g/mol. The van der Waals surface area contributed by atoms with Crippen molar-refractivity contribution in [1.82, 2.24) is 20.2 Å². The second-order valence-corrected chi connectivity index (χ2v) is 15.5. The van der Waals surface area contributed by atoms with Gasteiger partial charge in [-0.25, -0.2) is 22.9 Å². The topological polar surface area (TPSA) is 140 Å². The summed E-state index contributed by atoms with van der Waals surface area (Å²) in [5.74, 6) is 0.187. The number of aryl methyl sites for hydroxylation is 2. The molecule has 11 nitrogen and oxygen atoms in total. The van der Waals surface area contributed by atoms with Crippen LogP contribution in [0.3, 0.4) is 0 Å². The standard InChI is InChI=1S/C35H43N5O6S/c1-20(2)13-26-19-46-31-23(5)30(29-21(3)9-7-10-22(29)4)37-33(38-31)39-47(43,44)28-12-8-11-24(14-28)32(41)40(26)27-17-35(18-27)15-25(16-35)36-34(42)45-6/h7-12,14,20,25-27H,13,15-19H2,1-6H3,(H,36,42)(H,37,38,39)/t25?,26-,27?,35?/m1/s1. The predicted molar refractivity (Wildman–Crippen MR) is 178 cm³/mol. The number of nitrogens with one attached hydrogen (secondary N) is 2. The largest absolute Gasteiger partial charge is 0.475 e. The highest BCUT2D eigenvalue weighted by atomic mass is 32.2.